The normalized spacial score (nSPS) is 12.2. The molecule has 0 spiro atoms. The van der Waals surface area contributed by atoms with Gasteiger partial charge in [0, 0.05) is 131 Å². The van der Waals surface area contributed by atoms with E-state index in [0.29, 0.717) is 0 Å². The quantitative estimate of drug-likeness (QED) is 0.323. The van der Waals surface area contributed by atoms with Crippen LogP contribution in [0.25, 0.3) is 23.8 Å². The molecule has 0 aliphatic carbocycles. The number of alkyl halides is 3. The Morgan fingerprint density at radius 1 is 0.756 bits per heavy atom. The maximum absolute atomic E-state index is 9.76. The molecule has 7 N–H and O–H groups in total. The SMILES string of the molecule is CNC([NH-])=O.C[C-]=O.O=[C-]N1CCC1.O=[C-]N1CCC1.O=[C-]N1CCC1.[NH-]C(=O)OCC(Cl)(Cl)Cl.[NH2-].[NH2-].[Y].[Y].[Y].[Y]. The molecule has 15 nitrogen and oxygen atoms in total. The first kappa shape index (κ1) is 65.5. The molecule has 0 aromatic heterocycles. The van der Waals surface area contributed by atoms with Gasteiger partial charge in [-0.2, -0.15) is 26.2 Å². The average molecular weight is 948 g/mol. The van der Waals surface area contributed by atoms with Gasteiger partial charge in [-0.15, -0.1) is 0 Å². The fourth-order valence-corrected chi connectivity index (χ4v) is 1.53. The molecule has 22 heteroatoms. The first-order valence-electron chi connectivity index (χ1n) is 9.96. The summed E-state index contributed by atoms with van der Waals surface area (Å²) < 4.78 is 2.42. The van der Waals surface area contributed by atoms with Crippen molar-refractivity contribution in [1.29, 1.82) is 0 Å². The Kier molecular flexibility index (Phi) is 73.9. The Labute approximate surface area is 358 Å². The van der Waals surface area contributed by atoms with E-state index in [1.807, 2.05) is 0 Å². The van der Waals surface area contributed by atoms with Crippen LogP contribution in [-0.4, -0.2) is 109 Å². The number of nitrogens with one attached hydrogen (secondary N) is 3. The molecule has 3 heterocycles. The predicted molar refractivity (Wildman–Crippen MR) is 142 cm³/mol. The van der Waals surface area contributed by atoms with Crippen LogP contribution < -0.4 is 5.32 Å². The monoisotopic (exact) mass is 946 g/mol. The smallest absolute Gasteiger partial charge is 0.227 e. The van der Waals surface area contributed by atoms with Gasteiger partial charge in [0.05, 0.1) is 0 Å². The number of carbonyl (C=O) groups is 2. The largest absolute Gasteiger partial charge is 0.693 e. The van der Waals surface area contributed by atoms with E-state index >= 15 is 0 Å². The van der Waals surface area contributed by atoms with E-state index in [2.05, 4.69) is 10.1 Å². The third-order valence-corrected chi connectivity index (χ3v) is 3.88. The van der Waals surface area contributed by atoms with E-state index in [1.165, 1.54) is 20.3 Å². The molecule has 0 bridgehead atoms. The van der Waals surface area contributed by atoms with Crippen molar-refractivity contribution in [1.82, 2.24) is 20.0 Å². The van der Waals surface area contributed by atoms with Crippen LogP contribution in [0.5, 0.6) is 0 Å². The van der Waals surface area contributed by atoms with Crippen LogP contribution in [0.15, 0.2) is 0 Å². The summed E-state index contributed by atoms with van der Waals surface area (Å²) in [4.78, 5) is 61.4. The Morgan fingerprint density at radius 2 is 0.976 bits per heavy atom. The molecule has 3 rings (SSSR count). The van der Waals surface area contributed by atoms with Crippen molar-refractivity contribution in [2.24, 2.45) is 0 Å². The first-order valence-corrected chi connectivity index (χ1v) is 11.1. The second-order valence-electron chi connectivity index (χ2n) is 6.27. The average Bonchev–Trinajstić information content (AvgIpc) is 2.66. The molecule has 0 unspecified atom stereocenters. The number of carbonyl (C=O) groups excluding carboxylic acids is 6. The zero-order valence-corrected chi connectivity index (χ0v) is 36.5. The molecule has 3 aliphatic heterocycles. The fourth-order valence-electron chi connectivity index (χ4n) is 1.37. The van der Waals surface area contributed by atoms with Gasteiger partial charge in [-0.05, 0) is 58.5 Å². The van der Waals surface area contributed by atoms with E-state index in [-0.39, 0.29) is 150 Å². The molecule has 3 fully saturated rings. The van der Waals surface area contributed by atoms with Crippen molar-refractivity contribution >= 4 is 72.4 Å². The second kappa shape index (κ2) is 46.2. The molecule has 0 aromatic carbocycles. The number of urea groups is 1. The Morgan fingerprint density at radius 3 is 1.00 bits per heavy atom. The van der Waals surface area contributed by atoms with Gasteiger partial charge in [-0.25, -0.2) is 0 Å². The maximum atomic E-state index is 9.76. The Hall–Kier alpha value is 1.83. The molecule has 3 saturated heterocycles. The Bertz CT molecular complexity index is 581. The van der Waals surface area contributed by atoms with Gasteiger partial charge in [-0.1, -0.05) is 41.9 Å². The molecule has 0 aromatic rings. The minimum atomic E-state index is -1.61. The summed E-state index contributed by atoms with van der Waals surface area (Å²) in [5.41, 5.74) is 12.3. The van der Waals surface area contributed by atoms with Crippen LogP contribution in [0.3, 0.4) is 0 Å². The van der Waals surface area contributed by atoms with Crippen LogP contribution in [0, 0.1) is 0 Å². The van der Waals surface area contributed by atoms with Crippen LogP contribution in [0.1, 0.15) is 26.2 Å². The van der Waals surface area contributed by atoms with Crippen molar-refractivity contribution in [2.45, 2.75) is 30.0 Å². The summed E-state index contributed by atoms with van der Waals surface area (Å²) in [5.74, 6) is 0. The van der Waals surface area contributed by atoms with Gasteiger partial charge in [-0.3, -0.25) is 15.9 Å². The molecule has 4 radical (unpaired) electrons. The number of amides is 6. The minimum Gasteiger partial charge on any atom is -0.693 e. The summed E-state index contributed by atoms with van der Waals surface area (Å²) in [6.07, 6.45) is 9.13. The molecule has 3 aliphatic rings. The van der Waals surface area contributed by atoms with Crippen LogP contribution in [-0.2, 0) is 155 Å². The van der Waals surface area contributed by atoms with Crippen molar-refractivity contribution in [3.8, 4) is 0 Å². The van der Waals surface area contributed by atoms with Crippen molar-refractivity contribution in [3.63, 3.8) is 0 Å². The summed E-state index contributed by atoms with van der Waals surface area (Å²) >= 11 is 15.4. The zero-order valence-electron chi connectivity index (χ0n) is 22.9. The molecular formula is C19H33Cl3N8O7Y4-8. The van der Waals surface area contributed by atoms with Crippen molar-refractivity contribution in [2.75, 3.05) is 52.9 Å². The fraction of sp³-hybridized carbons (Fsp3) is 0.684. The number of hydrogen-bond donors (Lipinski definition) is 1. The predicted octanol–water partition coefficient (Wildman–Crippen LogP) is 3.74. The third kappa shape index (κ3) is 58.0. The maximum Gasteiger partial charge on any atom is 0.227 e. The number of nitrogens with two attached hydrogens (primary N) is 2. The van der Waals surface area contributed by atoms with Crippen LogP contribution in [0.4, 0.5) is 9.59 Å². The molecule has 41 heavy (non-hydrogen) atoms. The van der Waals surface area contributed by atoms with Gasteiger partial charge in [0.1, 0.15) is 12.6 Å². The summed E-state index contributed by atoms with van der Waals surface area (Å²) in [6, 6.07) is -0.745. The number of likely N-dealkylation sites (tertiary alicyclic amines) is 3. The van der Waals surface area contributed by atoms with Gasteiger partial charge in [0.25, 0.3) is 0 Å². The summed E-state index contributed by atoms with van der Waals surface area (Å²) in [7, 11) is 1.41. The topological polar surface area (TPSA) is 248 Å². The molecule has 0 atom stereocenters. The zero-order chi connectivity index (χ0) is 27.7. The third-order valence-electron chi connectivity index (χ3n) is 3.55. The van der Waals surface area contributed by atoms with E-state index in [0.717, 1.165) is 58.5 Å². The van der Waals surface area contributed by atoms with E-state index in [4.69, 9.17) is 51.1 Å². The second-order valence-corrected chi connectivity index (χ2v) is 8.79. The minimum absolute atomic E-state index is 0. The van der Waals surface area contributed by atoms with E-state index in [9.17, 15) is 24.0 Å². The molecular weight excluding hydrogens is 914 g/mol. The van der Waals surface area contributed by atoms with Crippen LogP contribution in [0.2, 0.25) is 0 Å². The van der Waals surface area contributed by atoms with E-state index in [1.54, 1.807) is 33.9 Å². The van der Waals surface area contributed by atoms with Gasteiger partial charge >= 0.3 is 0 Å². The standard InChI is InChI=1S/3C4H6NO.C3H4Cl3NO2.C2H6N2O.C2H3O.2H2N.4Y/c3*6-4-5-2-1-3-5;4-3(5,6)1-9-2(7)8;1-4-2(3)5;1-2-3;;;;;;/h3*1-3H2;1H2,(H2,7,8);1H3,(H3,3,4,5);1H3;2*1H2;;;;/q3*-1;;;3*-1;;;;/p-2. The number of nitrogens with zero attached hydrogens (tertiary/aromatic N) is 3. The van der Waals surface area contributed by atoms with Gasteiger partial charge in [0.2, 0.25) is 9.89 Å². The number of ether oxygens (including phenoxy) is 1. The number of halogens is 3. The number of hydrogen-bond acceptors (Lipinski definition) is 7. The van der Waals surface area contributed by atoms with Crippen molar-refractivity contribution < 1.29 is 164 Å². The molecule has 0 saturated carbocycles. The number of rotatable bonds is 4. The molecule has 6 amide bonds. The Balaban J connectivity index is -0.0000000424. The van der Waals surface area contributed by atoms with Crippen LogP contribution >= 0.6 is 34.8 Å². The first-order chi connectivity index (χ1) is 16.4. The van der Waals surface area contributed by atoms with E-state index < -0.39 is 15.9 Å². The van der Waals surface area contributed by atoms with Gasteiger partial charge in [0.15, 0.2) is 0 Å². The summed E-state index contributed by atoms with van der Waals surface area (Å²) in [6.45, 7) is 6.45. The van der Waals surface area contributed by atoms with Crippen molar-refractivity contribution in [3.05, 3.63) is 23.8 Å². The summed E-state index contributed by atoms with van der Waals surface area (Å²) in [5, 5.41) is 2.06. The molecule has 232 valence electrons. The van der Waals surface area contributed by atoms with Gasteiger partial charge < -0.3 is 67.7 Å².